The van der Waals surface area contributed by atoms with E-state index in [1.807, 2.05) is 55.4 Å². The Hall–Kier alpha value is -1.50. The highest BCUT2D eigenvalue weighted by Crippen LogP contribution is 2.12. The maximum atomic E-state index is 11.8. The van der Waals surface area contributed by atoms with Crippen molar-refractivity contribution in [3.8, 4) is 0 Å². The van der Waals surface area contributed by atoms with Crippen molar-refractivity contribution in [2.75, 3.05) is 13.7 Å². The summed E-state index contributed by atoms with van der Waals surface area (Å²) in [5.74, 6) is 0.282. The number of alkyl carbamates (subject to hydrolysis) is 2. The standard InChI is InChI=1S/C17H34N2O4.CH4O/c1-12(2)13(19-15(21)23-17(6,7)8)10-9-11-18-14(20)22-16(3,4)5;1-2/h12-13H,9-11H2,1-8H3,(H,18,20)(H,19,21);2H,1H3. The molecular formula is C18H38N2O5. The van der Waals surface area contributed by atoms with Crippen LogP contribution in [-0.2, 0) is 9.47 Å². The van der Waals surface area contributed by atoms with Crippen molar-refractivity contribution in [3.63, 3.8) is 0 Å². The van der Waals surface area contributed by atoms with Crippen LogP contribution in [0.5, 0.6) is 0 Å². The summed E-state index contributed by atoms with van der Waals surface area (Å²) < 4.78 is 10.4. The summed E-state index contributed by atoms with van der Waals surface area (Å²) in [5, 5.41) is 12.6. The number of carbonyl (C=O) groups excluding carboxylic acids is 2. The van der Waals surface area contributed by atoms with Gasteiger partial charge in [0.05, 0.1) is 0 Å². The van der Waals surface area contributed by atoms with Crippen LogP contribution in [0.2, 0.25) is 0 Å². The van der Waals surface area contributed by atoms with Gasteiger partial charge in [0.1, 0.15) is 11.2 Å². The Morgan fingerprint density at radius 1 is 0.920 bits per heavy atom. The normalized spacial score (nSPS) is 12.6. The van der Waals surface area contributed by atoms with Crippen molar-refractivity contribution in [2.45, 2.75) is 85.5 Å². The van der Waals surface area contributed by atoms with E-state index in [0.29, 0.717) is 6.54 Å². The minimum Gasteiger partial charge on any atom is -0.444 e. The molecule has 0 aromatic heterocycles. The van der Waals surface area contributed by atoms with Crippen molar-refractivity contribution >= 4 is 12.2 Å². The van der Waals surface area contributed by atoms with Gasteiger partial charge in [-0.15, -0.1) is 0 Å². The second-order valence-corrected chi connectivity index (χ2v) is 8.07. The van der Waals surface area contributed by atoms with E-state index >= 15 is 0 Å². The number of aliphatic hydroxyl groups is 1. The number of hydrogen-bond acceptors (Lipinski definition) is 5. The molecule has 25 heavy (non-hydrogen) atoms. The van der Waals surface area contributed by atoms with Crippen LogP contribution >= 0.6 is 0 Å². The summed E-state index contributed by atoms with van der Waals surface area (Å²) in [6.45, 7) is 15.6. The Kier molecular flexibility index (Phi) is 12.3. The van der Waals surface area contributed by atoms with E-state index < -0.39 is 23.4 Å². The molecule has 7 heteroatoms. The Balaban J connectivity index is 0. The molecule has 0 heterocycles. The SMILES string of the molecule is CC(C)C(CCCNC(=O)OC(C)(C)C)NC(=O)OC(C)(C)C.CO. The Morgan fingerprint density at radius 2 is 1.36 bits per heavy atom. The summed E-state index contributed by atoms with van der Waals surface area (Å²) in [6.07, 6.45) is 0.680. The van der Waals surface area contributed by atoms with Crippen LogP contribution in [0.1, 0.15) is 68.2 Å². The first-order valence-corrected chi connectivity index (χ1v) is 8.71. The van der Waals surface area contributed by atoms with Gasteiger partial charge in [-0.25, -0.2) is 9.59 Å². The largest absolute Gasteiger partial charge is 0.444 e. The molecule has 0 aromatic carbocycles. The highest BCUT2D eigenvalue weighted by Gasteiger charge is 2.21. The fraction of sp³-hybridized carbons (Fsp3) is 0.889. The van der Waals surface area contributed by atoms with E-state index in [1.165, 1.54) is 0 Å². The number of aliphatic hydroxyl groups excluding tert-OH is 1. The fourth-order valence-corrected chi connectivity index (χ4v) is 1.86. The molecule has 0 aliphatic heterocycles. The molecule has 0 rings (SSSR count). The summed E-state index contributed by atoms with van der Waals surface area (Å²) in [5.41, 5.74) is -1.01. The zero-order valence-electron chi connectivity index (χ0n) is 17.4. The molecule has 0 radical (unpaired) electrons. The van der Waals surface area contributed by atoms with Crippen molar-refractivity contribution in [1.29, 1.82) is 0 Å². The molecule has 0 aromatic rings. The van der Waals surface area contributed by atoms with Crippen molar-refractivity contribution in [2.24, 2.45) is 5.92 Å². The molecule has 0 bridgehead atoms. The third-order valence-corrected chi connectivity index (χ3v) is 2.87. The lowest BCUT2D eigenvalue weighted by molar-refractivity contribution is 0.0476. The van der Waals surface area contributed by atoms with E-state index in [1.54, 1.807) is 0 Å². The van der Waals surface area contributed by atoms with Gasteiger partial charge in [-0.1, -0.05) is 13.8 Å². The molecule has 0 aliphatic rings. The van der Waals surface area contributed by atoms with Gasteiger partial charge in [-0.2, -0.15) is 0 Å². The average Bonchev–Trinajstić information content (AvgIpc) is 2.40. The van der Waals surface area contributed by atoms with Crippen LogP contribution in [0, 0.1) is 5.92 Å². The lowest BCUT2D eigenvalue weighted by Crippen LogP contribution is -2.42. The number of hydrogen-bond donors (Lipinski definition) is 3. The number of ether oxygens (including phenoxy) is 2. The zero-order chi connectivity index (χ0) is 20.3. The quantitative estimate of drug-likeness (QED) is 0.629. The van der Waals surface area contributed by atoms with E-state index in [2.05, 4.69) is 10.6 Å². The van der Waals surface area contributed by atoms with Gasteiger partial charge < -0.3 is 25.2 Å². The summed E-state index contributed by atoms with van der Waals surface area (Å²) in [4.78, 5) is 23.4. The van der Waals surface area contributed by atoms with Crippen molar-refractivity contribution in [3.05, 3.63) is 0 Å². The lowest BCUT2D eigenvalue weighted by atomic mass is 9.99. The molecule has 0 saturated carbocycles. The minimum absolute atomic E-state index is 0.00489. The van der Waals surface area contributed by atoms with Crippen LogP contribution in [0.25, 0.3) is 0 Å². The van der Waals surface area contributed by atoms with Crippen molar-refractivity contribution < 1.29 is 24.2 Å². The molecule has 1 atom stereocenters. The first kappa shape index (κ1) is 25.7. The van der Waals surface area contributed by atoms with Gasteiger partial charge in [0.2, 0.25) is 0 Å². The highest BCUT2D eigenvalue weighted by molar-refractivity contribution is 5.68. The summed E-state index contributed by atoms with van der Waals surface area (Å²) >= 11 is 0. The van der Waals surface area contributed by atoms with E-state index in [4.69, 9.17) is 14.6 Å². The maximum Gasteiger partial charge on any atom is 0.407 e. The smallest absolute Gasteiger partial charge is 0.407 e. The minimum atomic E-state index is -0.510. The van der Waals surface area contributed by atoms with Gasteiger partial charge >= 0.3 is 12.2 Å². The number of carbonyl (C=O) groups is 2. The maximum absolute atomic E-state index is 11.8. The van der Waals surface area contributed by atoms with Crippen LogP contribution < -0.4 is 10.6 Å². The average molecular weight is 363 g/mol. The molecule has 0 fully saturated rings. The molecule has 0 spiro atoms. The van der Waals surface area contributed by atoms with Gasteiger partial charge in [0.15, 0.2) is 0 Å². The molecule has 0 aliphatic carbocycles. The summed E-state index contributed by atoms with van der Waals surface area (Å²) in [6, 6.07) is 0.00489. The second-order valence-electron chi connectivity index (χ2n) is 8.07. The van der Waals surface area contributed by atoms with Crippen molar-refractivity contribution in [1.82, 2.24) is 10.6 Å². The van der Waals surface area contributed by atoms with E-state index in [0.717, 1.165) is 20.0 Å². The second kappa shape index (κ2) is 12.0. The van der Waals surface area contributed by atoms with Gasteiger partial charge in [-0.05, 0) is 60.3 Å². The Morgan fingerprint density at radius 3 is 1.76 bits per heavy atom. The lowest BCUT2D eigenvalue weighted by Gasteiger charge is -2.26. The molecular weight excluding hydrogens is 324 g/mol. The number of amides is 2. The summed E-state index contributed by atoms with van der Waals surface area (Å²) in [7, 11) is 1.00. The molecule has 1 unspecified atom stereocenters. The monoisotopic (exact) mass is 362 g/mol. The first-order chi connectivity index (χ1) is 11.3. The van der Waals surface area contributed by atoms with E-state index in [-0.39, 0.29) is 12.0 Å². The predicted octanol–water partition coefficient (Wildman–Crippen LogP) is 3.45. The predicted molar refractivity (Wildman–Crippen MR) is 99.6 cm³/mol. The van der Waals surface area contributed by atoms with Crippen LogP contribution in [0.4, 0.5) is 9.59 Å². The molecule has 3 N–H and O–H groups in total. The Bertz CT molecular complexity index is 384. The van der Waals surface area contributed by atoms with Gasteiger partial charge in [0.25, 0.3) is 0 Å². The van der Waals surface area contributed by atoms with Crippen LogP contribution in [-0.4, -0.2) is 48.2 Å². The van der Waals surface area contributed by atoms with Crippen LogP contribution in [0.3, 0.4) is 0 Å². The first-order valence-electron chi connectivity index (χ1n) is 8.71. The van der Waals surface area contributed by atoms with Gasteiger partial charge in [-0.3, -0.25) is 0 Å². The van der Waals surface area contributed by atoms with E-state index in [9.17, 15) is 9.59 Å². The molecule has 0 saturated heterocycles. The Labute approximate surface area is 152 Å². The zero-order valence-corrected chi connectivity index (χ0v) is 17.4. The van der Waals surface area contributed by atoms with Crippen LogP contribution in [0.15, 0.2) is 0 Å². The van der Waals surface area contributed by atoms with Gasteiger partial charge in [0, 0.05) is 19.7 Å². The highest BCUT2D eigenvalue weighted by atomic mass is 16.6. The third kappa shape index (κ3) is 17.1. The molecule has 7 nitrogen and oxygen atoms in total. The third-order valence-electron chi connectivity index (χ3n) is 2.87. The number of nitrogens with one attached hydrogen (secondary N) is 2. The molecule has 2 amide bonds. The fourth-order valence-electron chi connectivity index (χ4n) is 1.86. The number of rotatable bonds is 6. The topological polar surface area (TPSA) is 96.9 Å². The molecule has 150 valence electrons.